The Bertz CT molecular complexity index is 914. The fourth-order valence-corrected chi connectivity index (χ4v) is 4.31. The van der Waals surface area contributed by atoms with Gasteiger partial charge >= 0.3 is 5.97 Å². The van der Waals surface area contributed by atoms with Crippen molar-refractivity contribution >= 4 is 35.1 Å². The second-order valence-electron chi connectivity index (χ2n) is 7.10. The number of ether oxygens (including phenoxy) is 1. The third-order valence-corrected chi connectivity index (χ3v) is 6.08. The van der Waals surface area contributed by atoms with Crippen LogP contribution < -0.4 is 0 Å². The van der Waals surface area contributed by atoms with E-state index in [1.807, 2.05) is 29.2 Å². The van der Waals surface area contributed by atoms with Gasteiger partial charge in [-0.1, -0.05) is 47.5 Å². The van der Waals surface area contributed by atoms with Crippen LogP contribution in [0.25, 0.3) is 0 Å². The second-order valence-corrected chi connectivity index (χ2v) is 7.91. The lowest BCUT2D eigenvalue weighted by Gasteiger charge is -2.39. The van der Waals surface area contributed by atoms with Crippen LogP contribution in [0.2, 0.25) is 10.0 Å². The standard InChI is InChI=1S/C21H19Cl2NO3/c22-17-8-6-14(12-18(17)23)7-9-19(25)24-11-3-10-21(13-24)16-5-2-1-4-15(16)20(26)27-21/h1-2,4-6,8,12H,3,7,9-11,13H2. The van der Waals surface area contributed by atoms with E-state index >= 15 is 0 Å². The lowest BCUT2D eigenvalue weighted by Crippen LogP contribution is -2.48. The van der Waals surface area contributed by atoms with E-state index in [0.29, 0.717) is 41.5 Å². The normalized spacial score (nSPS) is 21.3. The molecule has 0 saturated carbocycles. The van der Waals surface area contributed by atoms with Crippen LogP contribution in [0, 0.1) is 0 Å². The molecule has 140 valence electrons. The van der Waals surface area contributed by atoms with Crippen LogP contribution in [-0.2, 0) is 21.6 Å². The number of carbonyl (C=O) groups excluding carboxylic acids is 2. The largest absolute Gasteiger partial charge is 0.449 e. The summed E-state index contributed by atoms with van der Waals surface area (Å²) in [7, 11) is 0. The monoisotopic (exact) mass is 403 g/mol. The fraction of sp³-hybridized carbons (Fsp3) is 0.333. The van der Waals surface area contributed by atoms with E-state index in [-0.39, 0.29) is 11.9 Å². The number of aryl methyl sites for hydroxylation is 1. The highest BCUT2D eigenvalue weighted by atomic mass is 35.5. The van der Waals surface area contributed by atoms with Crippen LogP contribution in [0.15, 0.2) is 42.5 Å². The first-order valence-electron chi connectivity index (χ1n) is 9.03. The summed E-state index contributed by atoms with van der Waals surface area (Å²) in [6, 6.07) is 12.9. The maximum atomic E-state index is 12.8. The van der Waals surface area contributed by atoms with Crippen molar-refractivity contribution in [2.45, 2.75) is 31.3 Å². The molecule has 4 nitrogen and oxygen atoms in total. The van der Waals surface area contributed by atoms with Crippen molar-refractivity contribution in [3.63, 3.8) is 0 Å². The summed E-state index contributed by atoms with van der Waals surface area (Å²) in [5.41, 5.74) is 1.78. The Kier molecular flexibility index (Phi) is 4.87. The molecule has 1 saturated heterocycles. The van der Waals surface area contributed by atoms with Crippen molar-refractivity contribution in [3.05, 3.63) is 69.2 Å². The Morgan fingerprint density at radius 2 is 1.96 bits per heavy atom. The van der Waals surface area contributed by atoms with Gasteiger partial charge in [-0.3, -0.25) is 4.79 Å². The van der Waals surface area contributed by atoms with Gasteiger partial charge in [0.25, 0.3) is 0 Å². The van der Waals surface area contributed by atoms with Gasteiger partial charge in [0.1, 0.15) is 0 Å². The number of amides is 1. The number of hydrogen-bond donors (Lipinski definition) is 0. The minimum absolute atomic E-state index is 0.0561. The molecule has 1 unspecified atom stereocenters. The highest BCUT2D eigenvalue weighted by Gasteiger charge is 2.48. The van der Waals surface area contributed by atoms with Crippen molar-refractivity contribution in [3.8, 4) is 0 Å². The zero-order valence-electron chi connectivity index (χ0n) is 14.7. The molecule has 2 aliphatic rings. The van der Waals surface area contributed by atoms with Crippen LogP contribution >= 0.6 is 23.2 Å². The zero-order valence-corrected chi connectivity index (χ0v) is 16.2. The molecule has 27 heavy (non-hydrogen) atoms. The Hall–Kier alpha value is -2.04. The number of halogens is 2. The number of hydrogen-bond acceptors (Lipinski definition) is 3. The number of carbonyl (C=O) groups is 2. The summed E-state index contributed by atoms with van der Waals surface area (Å²) in [6.45, 7) is 1.09. The van der Waals surface area contributed by atoms with Crippen molar-refractivity contribution < 1.29 is 14.3 Å². The zero-order chi connectivity index (χ0) is 19.0. The Morgan fingerprint density at radius 1 is 1.15 bits per heavy atom. The van der Waals surface area contributed by atoms with Gasteiger partial charge in [-0.2, -0.15) is 0 Å². The van der Waals surface area contributed by atoms with Gasteiger partial charge in [-0.25, -0.2) is 4.79 Å². The van der Waals surface area contributed by atoms with Crippen LogP contribution in [0.1, 0.15) is 40.7 Å². The molecule has 2 heterocycles. The van der Waals surface area contributed by atoms with E-state index in [0.717, 1.165) is 24.0 Å². The van der Waals surface area contributed by atoms with Crippen LogP contribution in [0.3, 0.4) is 0 Å². The third-order valence-electron chi connectivity index (χ3n) is 5.35. The van der Waals surface area contributed by atoms with Crippen LogP contribution in [-0.4, -0.2) is 29.9 Å². The first kappa shape index (κ1) is 18.3. The Balaban J connectivity index is 1.46. The number of esters is 1. The highest BCUT2D eigenvalue weighted by Crippen LogP contribution is 2.42. The number of piperidine rings is 1. The molecule has 0 radical (unpaired) electrons. The lowest BCUT2D eigenvalue weighted by molar-refractivity contribution is -0.138. The average Bonchev–Trinajstić information content (AvgIpc) is 2.94. The van der Waals surface area contributed by atoms with E-state index in [9.17, 15) is 9.59 Å². The Labute approximate surface area is 168 Å². The molecule has 0 aromatic heterocycles. The molecule has 2 aromatic rings. The van der Waals surface area contributed by atoms with E-state index in [1.54, 1.807) is 18.2 Å². The van der Waals surface area contributed by atoms with Crippen LogP contribution in [0.5, 0.6) is 0 Å². The second kappa shape index (κ2) is 7.17. The summed E-state index contributed by atoms with van der Waals surface area (Å²) >= 11 is 12.0. The molecule has 2 aromatic carbocycles. The van der Waals surface area contributed by atoms with E-state index in [4.69, 9.17) is 27.9 Å². The van der Waals surface area contributed by atoms with Gasteiger partial charge in [0, 0.05) is 18.5 Å². The molecular formula is C21H19Cl2NO3. The summed E-state index contributed by atoms with van der Waals surface area (Å²) in [4.78, 5) is 26.8. The van der Waals surface area contributed by atoms with Gasteiger partial charge < -0.3 is 9.64 Å². The summed E-state index contributed by atoms with van der Waals surface area (Å²) < 4.78 is 5.77. The molecule has 0 aliphatic carbocycles. The predicted octanol–water partition coefficient (Wildman–Crippen LogP) is 4.61. The highest BCUT2D eigenvalue weighted by molar-refractivity contribution is 6.42. The maximum absolute atomic E-state index is 12.8. The average molecular weight is 404 g/mol. The molecule has 6 heteroatoms. The summed E-state index contributed by atoms with van der Waals surface area (Å²) in [6.07, 6.45) is 2.52. The number of fused-ring (bicyclic) bond motifs is 2. The van der Waals surface area contributed by atoms with E-state index < -0.39 is 5.60 Å². The molecule has 0 N–H and O–H groups in total. The predicted molar refractivity (Wildman–Crippen MR) is 104 cm³/mol. The summed E-state index contributed by atoms with van der Waals surface area (Å²) in [5.74, 6) is -0.240. The van der Waals surface area contributed by atoms with Crippen molar-refractivity contribution in [2.24, 2.45) is 0 Å². The van der Waals surface area contributed by atoms with Crippen molar-refractivity contribution in [1.82, 2.24) is 4.90 Å². The van der Waals surface area contributed by atoms with Gasteiger partial charge in [0.2, 0.25) is 5.91 Å². The Morgan fingerprint density at radius 3 is 2.78 bits per heavy atom. The molecule has 1 amide bonds. The van der Waals surface area contributed by atoms with Crippen molar-refractivity contribution in [1.29, 1.82) is 0 Å². The summed E-state index contributed by atoms with van der Waals surface area (Å²) in [5, 5.41) is 0.999. The molecular weight excluding hydrogens is 385 g/mol. The van der Waals surface area contributed by atoms with Gasteiger partial charge in [-0.05, 0) is 43.0 Å². The fourth-order valence-electron chi connectivity index (χ4n) is 3.99. The van der Waals surface area contributed by atoms with Gasteiger partial charge in [0.15, 0.2) is 5.60 Å². The number of nitrogens with zero attached hydrogens (tertiary/aromatic N) is 1. The number of likely N-dealkylation sites (tertiary alicyclic amines) is 1. The van der Waals surface area contributed by atoms with Crippen molar-refractivity contribution in [2.75, 3.05) is 13.1 Å². The molecule has 0 bridgehead atoms. The quantitative estimate of drug-likeness (QED) is 0.702. The smallest absolute Gasteiger partial charge is 0.339 e. The van der Waals surface area contributed by atoms with E-state index in [2.05, 4.69) is 0 Å². The molecule has 2 aliphatic heterocycles. The molecule has 1 atom stereocenters. The number of benzene rings is 2. The number of rotatable bonds is 3. The molecule has 4 rings (SSSR count). The van der Waals surface area contributed by atoms with Gasteiger partial charge in [0.05, 0.1) is 22.2 Å². The SMILES string of the molecule is O=C1OC2(CCCN(C(=O)CCc3ccc(Cl)c(Cl)c3)C2)c2ccccc21. The van der Waals surface area contributed by atoms with Gasteiger partial charge in [-0.15, -0.1) is 0 Å². The first-order chi connectivity index (χ1) is 13.0. The third kappa shape index (κ3) is 3.44. The first-order valence-corrected chi connectivity index (χ1v) is 9.79. The minimum Gasteiger partial charge on any atom is -0.449 e. The molecule has 1 spiro atoms. The van der Waals surface area contributed by atoms with Crippen LogP contribution in [0.4, 0.5) is 0 Å². The van der Waals surface area contributed by atoms with E-state index in [1.165, 1.54) is 0 Å². The lowest BCUT2D eigenvalue weighted by atomic mass is 9.85. The topological polar surface area (TPSA) is 46.6 Å². The minimum atomic E-state index is -0.703. The maximum Gasteiger partial charge on any atom is 0.339 e. The molecule has 1 fully saturated rings.